The molecule has 0 atom stereocenters. The fourth-order valence-electron chi connectivity index (χ4n) is 2.20. The topological polar surface area (TPSA) is 118 Å². The molecule has 0 radical (unpaired) electrons. The van der Waals surface area contributed by atoms with E-state index in [2.05, 4.69) is 25.8 Å². The Labute approximate surface area is 143 Å². The Hall–Kier alpha value is -3.10. The minimum Gasteiger partial charge on any atom is -0.440 e. The fraction of sp³-hybridized carbons (Fsp3) is 0.375. The van der Waals surface area contributed by atoms with E-state index in [0.717, 1.165) is 0 Å². The Bertz CT molecular complexity index is 976. The maximum atomic E-state index is 12.0. The van der Waals surface area contributed by atoms with E-state index in [1.807, 2.05) is 20.8 Å². The number of nitrogens with one attached hydrogen (secondary N) is 3. The Morgan fingerprint density at radius 2 is 2.12 bits per heavy atom. The van der Waals surface area contributed by atoms with E-state index < -0.39 is 6.03 Å². The van der Waals surface area contributed by atoms with E-state index in [1.54, 1.807) is 25.2 Å². The monoisotopic (exact) mass is 344 g/mol. The van der Waals surface area contributed by atoms with Crippen molar-refractivity contribution in [1.29, 1.82) is 0 Å². The van der Waals surface area contributed by atoms with Crippen LogP contribution in [0.25, 0.3) is 11.1 Å². The zero-order chi connectivity index (χ0) is 18.2. The Balaban J connectivity index is 1.68. The van der Waals surface area contributed by atoms with E-state index in [4.69, 9.17) is 4.42 Å². The van der Waals surface area contributed by atoms with Crippen LogP contribution in [-0.2, 0) is 19.0 Å². The number of rotatable bonds is 3. The quantitative estimate of drug-likeness (QED) is 0.670. The predicted molar refractivity (Wildman–Crippen MR) is 92.4 cm³/mol. The first kappa shape index (κ1) is 16.7. The molecule has 2 aromatic heterocycles. The number of hydrogen-bond acceptors (Lipinski definition) is 5. The van der Waals surface area contributed by atoms with E-state index >= 15 is 0 Å². The molecule has 0 unspecified atom stereocenters. The van der Waals surface area contributed by atoms with Crippen molar-refractivity contribution < 1.29 is 9.21 Å². The third-order valence-electron chi connectivity index (χ3n) is 3.67. The van der Waals surface area contributed by atoms with Gasteiger partial charge in [-0.1, -0.05) is 20.8 Å². The van der Waals surface area contributed by atoms with E-state index in [9.17, 15) is 9.59 Å². The summed E-state index contributed by atoms with van der Waals surface area (Å²) in [6, 6.07) is 4.85. The van der Waals surface area contributed by atoms with Crippen LogP contribution in [0.1, 0.15) is 32.5 Å². The molecule has 3 rings (SSSR count). The van der Waals surface area contributed by atoms with Crippen molar-refractivity contribution in [3.63, 3.8) is 0 Å². The normalized spacial score (nSPS) is 11.7. The van der Waals surface area contributed by atoms with Gasteiger partial charge in [0.05, 0.1) is 6.54 Å². The first-order valence-corrected chi connectivity index (χ1v) is 7.80. The van der Waals surface area contributed by atoms with Crippen molar-refractivity contribution in [2.24, 2.45) is 7.05 Å². The van der Waals surface area contributed by atoms with Crippen molar-refractivity contribution in [1.82, 2.24) is 25.1 Å². The maximum Gasteiger partial charge on any atom is 0.343 e. The summed E-state index contributed by atoms with van der Waals surface area (Å²) in [4.78, 5) is 27.8. The van der Waals surface area contributed by atoms with Crippen LogP contribution in [0, 0.1) is 0 Å². The summed E-state index contributed by atoms with van der Waals surface area (Å²) >= 11 is 0. The second kappa shape index (κ2) is 6.08. The number of carbonyl (C=O) groups is 1. The molecular formula is C16H20N6O3. The molecule has 25 heavy (non-hydrogen) atoms. The molecule has 3 aromatic rings. The predicted octanol–water partition coefficient (Wildman–Crippen LogP) is 1.87. The third-order valence-corrected chi connectivity index (χ3v) is 3.67. The standard InChI is InChI=1S/C16H20N6O3/c1-16(2,3)13-19-10-7-9(5-6-11(10)25-13)18-14(23)17-8-12-20-21-15(24)22(12)4/h5-7H,8H2,1-4H3,(H,21,24)(H2,17,18,23). The zero-order valence-electron chi connectivity index (χ0n) is 14.5. The highest BCUT2D eigenvalue weighted by Gasteiger charge is 2.21. The summed E-state index contributed by atoms with van der Waals surface area (Å²) in [6.45, 7) is 6.19. The van der Waals surface area contributed by atoms with Crippen LogP contribution in [-0.4, -0.2) is 25.8 Å². The van der Waals surface area contributed by atoms with Gasteiger partial charge in [0.15, 0.2) is 11.4 Å². The van der Waals surface area contributed by atoms with E-state index in [-0.39, 0.29) is 17.6 Å². The van der Waals surface area contributed by atoms with Crippen molar-refractivity contribution in [3.8, 4) is 0 Å². The van der Waals surface area contributed by atoms with Gasteiger partial charge in [-0.05, 0) is 18.2 Å². The van der Waals surface area contributed by atoms with Gasteiger partial charge in [-0.3, -0.25) is 4.57 Å². The van der Waals surface area contributed by atoms with Crippen LogP contribution in [0.15, 0.2) is 27.4 Å². The van der Waals surface area contributed by atoms with Crippen LogP contribution in [0.5, 0.6) is 0 Å². The molecule has 0 saturated carbocycles. The van der Waals surface area contributed by atoms with Crippen LogP contribution in [0.2, 0.25) is 0 Å². The maximum absolute atomic E-state index is 12.0. The largest absolute Gasteiger partial charge is 0.440 e. The number of hydrogen-bond donors (Lipinski definition) is 3. The molecule has 9 heteroatoms. The number of anilines is 1. The number of aromatic amines is 1. The first-order chi connectivity index (χ1) is 11.7. The van der Waals surface area contributed by atoms with Crippen LogP contribution < -0.4 is 16.3 Å². The summed E-state index contributed by atoms with van der Waals surface area (Å²) in [6.07, 6.45) is 0. The van der Waals surface area contributed by atoms with E-state index in [1.165, 1.54) is 4.57 Å². The average Bonchev–Trinajstić information content (AvgIpc) is 3.10. The summed E-state index contributed by atoms with van der Waals surface area (Å²) in [7, 11) is 1.58. The second-order valence-electron chi connectivity index (χ2n) is 6.76. The van der Waals surface area contributed by atoms with Gasteiger partial charge in [0.25, 0.3) is 0 Å². The summed E-state index contributed by atoms with van der Waals surface area (Å²) in [5.74, 6) is 1.07. The number of oxazole rings is 1. The van der Waals surface area contributed by atoms with Gasteiger partial charge in [-0.2, -0.15) is 5.10 Å². The Kier molecular flexibility index (Phi) is 4.07. The van der Waals surface area contributed by atoms with E-state index in [0.29, 0.717) is 28.5 Å². The lowest BCUT2D eigenvalue weighted by molar-refractivity contribution is 0.251. The van der Waals surface area contributed by atoms with Gasteiger partial charge in [0, 0.05) is 18.2 Å². The molecule has 2 amide bonds. The van der Waals surface area contributed by atoms with Crippen molar-refractivity contribution in [2.75, 3.05) is 5.32 Å². The molecule has 132 valence electrons. The third kappa shape index (κ3) is 3.54. The van der Waals surface area contributed by atoms with Crippen LogP contribution >= 0.6 is 0 Å². The van der Waals surface area contributed by atoms with Gasteiger partial charge in [0.2, 0.25) is 5.89 Å². The van der Waals surface area contributed by atoms with Gasteiger partial charge >= 0.3 is 11.7 Å². The minimum atomic E-state index is -0.408. The van der Waals surface area contributed by atoms with Gasteiger partial charge in [0.1, 0.15) is 5.52 Å². The number of benzene rings is 1. The molecule has 0 bridgehead atoms. The molecule has 0 aliphatic carbocycles. The van der Waals surface area contributed by atoms with Gasteiger partial charge in [-0.15, -0.1) is 0 Å². The fourth-order valence-corrected chi connectivity index (χ4v) is 2.20. The highest BCUT2D eigenvalue weighted by atomic mass is 16.3. The number of urea groups is 1. The zero-order valence-corrected chi connectivity index (χ0v) is 14.5. The molecule has 0 aliphatic rings. The van der Waals surface area contributed by atoms with Gasteiger partial charge in [-0.25, -0.2) is 19.7 Å². The highest BCUT2D eigenvalue weighted by molar-refractivity contribution is 5.91. The lowest BCUT2D eigenvalue weighted by atomic mass is 9.97. The molecule has 0 spiro atoms. The second-order valence-corrected chi connectivity index (χ2v) is 6.76. The van der Waals surface area contributed by atoms with Crippen LogP contribution in [0.3, 0.4) is 0 Å². The number of aromatic nitrogens is 4. The van der Waals surface area contributed by atoms with Crippen LogP contribution in [0.4, 0.5) is 10.5 Å². The summed E-state index contributed by atoms with van der Waals surface area (Å²) in [5, 5.41) is 11.5. The lowest BCUT2D eigenvalue weighted by Crippen LogP contribution is -2.29. The molecule has 3 N–H and O–H groups in total. The van der Waals surface area contributed by atoms with Crippen molar-refractivity contribution in [2.45, 2.75) is 32.7 Å². The molecule has 0 saturated heterocycles. The summed E-state index contributed by atoms with van der Waals surface area (Å²) in [5.41, 5.74) is 1.42. The number of nitrogens with zero attached hydrogens (tertiary/aromatic N) is 3. The molecule has 0 fully saturated rings. The first-order valence-electron chi connectivity index (χ1n) is 7.80. The molecule has 2 heterocycles. The lowest BCUT2D eigenvalue weighted by Gasteiger charge is -2.11. The smallest absolute Gasteiger partial charge is 0.343 e. The summed E-state index contributed by atoms with van der Waals surface area (Å²) < 4.78 is 7.06. The Morgan fingerprint density at radius 1 is 1.36 bits per heavy atom. The molecule has 9 nitrogen and oxygen atoms in total. The average molecular weight is 344 g/mol. The number of carbonyl (C=O) groups excluding carboxylic acids is 1. The highest BCUT2D eigenvalue weighted by Crippen LogP contribution is 2.27. The Morgan fingerprint density at radius 3 is 2.76 bits per heavy atom. The SMILES string of the molecule is Cn1c(CNC(=O)Nc2ccc3oc(C(C)(C)C)nc3c2)n[nH]c1=O. The number of H-pyrrole nitrogens is 1. The number of amides is 2. The molecule has 0 aliphatic heterocycles. The van der Waals surface area contributed by atoms with Crippen molar-refractivity contribution >= 4 is 22.8 Å². The molecule has 1 aromatic carbocycles. The minimum absolute atomic E-state index is 0.126. The van der Waals surface area contributed by atoms with Crippen molar-refractivity contribution in [3.05, 3.63) is 40.4 Å². The molecular weight excluding hydrogens is 324 g/mol. The van der Waals surface area contributed by atoms with Gasteiger partial charge < -0.3 is 15.1 Å². The number of fused-ring (bicyclic) bond motifs is 1.